The highest BCUT2D eigenvalue weighted by Crippen LogP contribution is 2.23. The zero-order valence-electron chi connectivity index (χ0n) is 14.2. The molecule has 2 rings (SSSR count). The van der Waals surface area contributed by atoms with E-state index in [4.69, 9.17) is 9.47 Å². The van der Waals surface area contributed by atoms with Gasteiger partial charge in [0.05, 0.1) is 19.8 Å². The smallest absolute Gasteiger partial charge is 0.218 e. The van der Waals surface area contributed by atoms with Crippen LogP contribution in [0.1, 0.15) is 33.5 Å². The molecule has 124 valence electrons. The summed E-state index contributed by atoms with van der Waals surface area (Å²) in [5.74, 6) is 2.26. The second kappa shape index (κ2) is 7.74. The Morgan fingerprint density at radius 1 is 1.27 bits per heavy atom. The highest BCUT2D eigenvalue weighted by atomic mass is 16.5. The van der Waals surface area contributed by atoms with E-state index in [1.807, 2.05) is 13.0 Å². The maximum Gasteiger partial charge on any atom is 0.218 e. The fraction of sp³-hybridized carbons (Fsp3) is 0.750. The largest absolute Gasteiger partial charge is 0.478 e. The molecule has 1 aromatic rings. The molecule has 22 heavy (non-hydrogen) atoms. The maximum absolute atomic E-state index is 5.56. The van der Waals surface area contributed by atoms with Crippen molar-refractivity contribution < 1.29 is 9.47 Å². The molecule has 6 heteroatoms. The monoisotopic (exact) mass is 308 g/mol. The molecule has 1 aliphatic rings. The molecule has 0 radical (unpaired) electrons. The summed E-state index contributed by atoms with van der Waals surface area (Å²) in [5.41, 5.74) is -0.103. The number of hydrogen-bond acceptors (Lipinski definition) is 6. The summed E-state index contributed by atoms with van der Waals surface area (Å²) in [4.78, 5) is 11.5. The van der Waals surface area contributed by atoms with Crippen molar-refractivity contribution in [3.63, 3.8) is 0 Å². The van der Waals surface area contributed by atoms with Crippen LogP contribution in [0.3, 0.4) is 0 Å². The van der Waals surface area contributed by atoms with Crippen LogP contribution in [-0.2, 0) is 10.2 Å². The normalized spacial score (nSPS) is 16.5. The molecular weight excluding hydrogens is 280 g/mol. The number of ether oxygens (including phenoxy) is 2. The van der Waals surface area contributed by atoms with Gasteiger partial charge in [-0.3, -0.25) is 4.90 Å². The molecular formula is C16H28N4O2. The molecule has 0 spiro atoms. The number of hydrogen-bond donors (Lipinski definition) is 1. The molecule has 0 amide bonds. The molecule has 0 aromatic carbocycles. The van der Waals surface area contributed by atoms with Crippen LogP contribution in [0.25, 0.3) is 0 Å². The molecule has 1 fully saturated rings. The summed E-state index contributed by atoms with van der Waals surface area (Å²) < 4.78 is 10.9. The molecule has 0 saturated carbocycles. The van der Waals surface area contributed by atoms with Crippen molar-refractivity contribution in [2.45, 2.75) is 33.1 Å². The summed E-state index contributed by atoms with van der Waals surface area (Å²) in [5, 5.41) is 3.39. The summed E-state index contributed by atoms with van der Waals surface area (Å²) in [6, 6.07) is 1.87. The zero-order chi connectivity index (χ0) is 16.0. The van der Waals surface area contributed by atoms with Gasteiger partial charge < -0.3 is 14.8 Å². The first-order valence-corrected chi connectivity index (χ1v) is 8.05. The first-order valence-electron chi connectivity index (χ1n) is 8.05. The molecule has 0 aliphatic carbocycles. The highest BCUT2D eigenvalue weighted by Gasteiger charge is 2.19. The standard InChI is InChI=1S/C16H28N4O2/c1-5-22-14-12-13(18-15(19-14)16(2,3)4)17-6-7-20-8-10-21-11-9-20/h12H,5-11H2,1-4H3,(H,17,18,19). The Bertz CT molecular complexity index is 468. The van der Waals surface area contributed by atoms with Crippen molar-refractivity contribution in [3.8, 4) is 5.88 Å². The fourth-order valence-electron chi connectivity index (χ4n) is 2.24. The lowest BCUT2D eigenvalue weighted by Crippen LogP contribution is -2.39. The predicted octanol–water partition coefficient (Wildman–Crippen LogP) is 1.92. The van der Waals surface area contributed by atoms with Crippen LogP contribution in [0.4, 0.5) is 5.82 Å². The molecule has 0 bridgehead atoms. The van der Waals surface area contributed by atoms with Gasteiger partial charge in [0.15, 0.2) is 0 Å². The molecule has 1 aliphatic heterocycles. The lowest BCUT2D eigenvalue weighted by Gasteiger charge is -2.26. The van der Waals surface area contributed by atoms with Crippen LogP contribution in [0.5, 0.6) is 5.88 Å². The van der Waals surface area contributed by atoms with E-state index >= 15 is 0 Å². The van der Waals surface area contributed by atoms with Gasteiger partial charge in [-0.15, -0.1) is 0 Å². The van der Waals surface area contributed by atoms with E-state index in [0.29, 0.717) is 12.5 Å². The van der Waals surface area contributed by atoms with Crippen molar-refractivity contribution >= 4 is 5.82 Å². The van der Waals surface area contributed by atoms with Crippen LogP contribution in [-0.4, -0.2) is 60.9 Å². The maximum atomic E-state index is 5.56. The van der Waals surface area contributed by atoms with E-state index in [0.717, 1.165) is 51.0 Å². The van der Waals surface area contributed by atoms with Gasteiger partial charge >= 0.3 is 0 Å². The van der Waals surface area contributed by atoms with E-state index in [1.165, 1.54) is 0 Å². The predicted molar refractivity (Wildman–Crippen MR) is 87.6 cm³/mol. The van der Waals surface area contributed by atoms with Crippen molar-refractivity contribution in [1.29, 1.82) is 0 Å². The van der Waals surface area contributed by atoms with Gasteiger partial charge in [0.25, 0.3) is 0 Å². The van der Waals surface area contributed by atoms with Gasteiger partial charge in [-0.2, -0.15) is 4.98 Å². The van der Waals surface area contributed by atoms with Crippen LogP contribution in [0.2, 0.25) is 0 Å². The van der Waals surface area contributed by atoms with Crippen molar-refractivity contribution in [1.82, 2.24) is 14.9 Å². The lowest BCUT2D eigenvalue weighted by molar-refractivity contribution is 0.0398. The van der Waals surface area contributed by atoms with Gasteiger partial charge in [-0.25, -0.2) is 4.98 Å². The minimum Gasteiger partial charge on any atom is -0.478 e. The second-order valence-corrected chi connectivity index (χ2v) is 6.48. The van der Waals surface area contributed by atoms with Crippen LogP contribution in [0, 0.1) is 0 Å². The number of morpholine rings is 1. The van der Waals surface area contributed by atoms with Crippen LogP contribution >= 0.6 is 0 Å². The van der Waals surface area contributed by atoms with E-state index in [9.17, 15) is 0 Å². The minimum absolute atomic E-state index is 0.103. The van der Waals surface area contributed by atoms with E-state index in [1.54, 1.807) is 0 Å². The Balaban J connectivity index is 1.97. The molecule has 0 atom stereocenters. The Hall–Kier alpha value is -1.40. The minimum atomic E-state index is -0.103. The third-order valence-electron chi connectivity index (χ3n) is 3.50. The first kappa shape index (κ1) is 17.0. The average molecular weight is 308 g/mol. The number of aromatic nitrogens is 2. The summed E-state index contributed by atoms with van der Waals surface area (Å²) in [6.07, 6.45) is 0. The topological polar surface area (TPSA) is 59.5 Å². The van der Waals surface area contributed by atoms with Crippen molar-refractivity contribution in [2.75, 3.05) is 51.3 Å². The molecule has 1 aromatic heterocycles. The molecule has 1 N–H and O–H groups in total. The Morgan fingerprint density at radius 3 is 2.64 bits per heavy atom. The molecule has 2 heterocycles. The van der Waals surface area contributed by atoms with Crippen molar-refractivity contribution in [2.24, 2.45) is 0 Å². The van der Waals surface area contributed by atoms with Gasteiger partial charge in [0, 0.05) is 37.7 Å². The third kappa shape index (κ3) is 5.10. The Kier molecular flexibility index (Phi) is 5.97. The summed E-state index contributed by atoms with van der Waals surface area (Å²) >= 11 is 0. The summed E-state index contributed by atoms with van der Waals surface area (Å²) in [7, 11) is 0. The highest BCUT2D eigenvalue weighted by molar-refractivity contribution is 5.39. The third-order valence-corrected chi connectivity index (χ3v) is 3.50. The van der Waals surface area contributed by atoms with Gasteiger partial charge in [-0.1, -0.05) is 20.8 Å². The van der Waals surface area contributed by atoms with Crippen molar-refractivity contribution in [3.05, 3.63) is 11.9 Å². The van der Waals surface area contributed by atoms with E-state index in [-0.39, 0.29) is 5.41 Å². The number of nitrogens with zero attached hydrogens (tertiary/aromatic N) is 3. The van der Waals surface area contributed by atoms with Gasteiger partial charge in [0.1, 0.15) is 11.6 Å². The fourth-order valence-corrected chi connectivity index (χ4v) is 2.24. The SMILES string of the molecule is CCOc1cc(NCCN2CCOCC2)nc(C(C)(C)C)n1. The van der Waals surface area contributed by atoms with E-state index < -0.39 is 0 Å². The zero-order valence-corrected chi connectivity index (χ0v) is 14.2. The molecule has 6 nitrogen and oxygen atoms in total. The van der Waals surface area contributed by atoms with Crippen LogP contribution in [0.15, 0.2) is 6.07 Å². The second-order valence-electron chi connectivity index (χ2n) is 6.48. The number of rotatable bonds is 6. The first-order chi connectivity index (χ1) is 10.5. The molecule has 0 unspecified atom stereocenters. The van der Waals surface area contributed by atoms with E-state index in [2.05, 4.69) is 41.0 Å². The number of nitrogens with one attached hydrogen (secondary N) is 1. The molecule has 1 saturated heterocycles. The average Bonchev–Trinajstić information content (AvgIpc) is 2.48. The number of anilines is 1. The summed E-state index contributed by atoms with van der Waals surface area (Å²) in [6.45, 7) is 14.4. The quantitative estimate of drug-likeness (QED) is 0.866. The Labute approximate surface area is 133 Å². The Morgan fingerprint density at radius 2 is 2.00 bits per heavy atom. The lowest BCUT2D eigenvalue weighted by atomic mass is 9.96. The van der Waals surface area contributed by atoms with Gasteiger partial charge in [0.2, 0.25) is 5.88 Å². The van der Waals surface area contributed by atoms with Gasteiger partial charge in [-0.05, 0) is 6.92 Å². The van der Waals surface area contributed by atoms with Crippen LogP contribution < -0.4 is 10.1 Å².